The molecule has 0 fully saturated rings. The van der Waals surface area contributed by atoms with Gasteiger partial charge in [0.25, 0.3) is 0 Å². The van der Waals surface area contributed by atoms with Crippen molar-refractivity contribution >= 4 is 0 Å². The van der Waals surface area contributed by atoms with E-state index < -0.39 is 12.3 Å². The van der Waals surface area contributed by atoms with Gasteiger partial charge in [-0.05, 0) is 13.0 Å². The van der Waals surface area contributed by atoms with Crippen molar-refractivity contribution in [1.29, 1.82) is 0 Å². The molecule has 1 atom stereocenters. The van der Waals surface area contributed by atoms with Gasteiger partial charge in [-0.3, -0.25) is 0 Å². The average molecular weight is 214 g/mol. The maximum atomic E-state index is 12.0. The fourth-order valence-corrected chi connectivity index (χ4v) is 1.15. The van der Waals surface area contributed by atoms with Crippen molar-refractivity contribution in [1.82, 2.24) is 0 Å². The van der Waals surface area contributed by atoms with Crippen LogP contribution < -0.4 is 4.74 Å². The second-order valence-corrected chi connectivity index (χ2v) is 2.97. The number of rotatable bonds is 2. The van der Waals surface area contributed by atoms with E-state index in [-0.39, 0.29) is 5.75 Å². The standard InChI is InChI=1S/C11H9F3O/c1-3-8(2)9-6-4-5-7-10(9)15-11(12,13)14/h1,4-8H,2H3. The summed E-state index contributed by atoms with van der Waals surface area (Å²) in [4.78, 5) is 0. The van der Waals surface area contributed by atoms with Crippen LogP contribution in [0.4, 0.5) is 13.2 Å². The highest BCUT2D eigenvalue weighted by atomic mass is 19.4. The third-order valence-electron chi connectivity index (χ3n) is 1.86. The van der Waals surface area contributed by atoms with E-state index in [2.05, 4.69) is 10.7 Å². The first-order chi connectivity index (χ1) is 6.94. The number of alkyl halides is 3. The van der Waals surface area contributed by atoms with E-state index in [1.54, 1.807) is 13.0 Å². The molecular weight excluding hydrogens is 205 g/mol. The van der Waals surface area contributed by atoms with Gasteiger partial charge in [-0.25, -0.2) is 0 Å². The summed E-state index contributed by atoms with van der Waals surface area (Å²) in [5.41, 5.74) is 0.359. The lowest BCUT2D eigenvalue weighted by Crippen LogP contribution is -2.18. The lowest BCUT2D eigenvalue weighted by Gasteiger charge is -2.14. The Bertz CT molecular complexity index is 376. The second kappa shape index (κ2) is 4.26. The first-order valence-corrected chi connectivity index (χ1v) is 4.25. The molecule has 0 saturated carbocycles. The average Bonchev–Trinajstić information content (AvgIpc) is 2.15. The summed E-state index contributed by atoms with van der Waals surface area (Å²) in [7, 11) is 0. The zero-order valence-electron chi connectivity index (χ0n) is 8.01. The summed E-state index contributed by atoms with van der Waals surface area (Å²) < 4.78 is 39.9. The van der Waals surface area contributed by atoms with Gasteiger partial charge in [0, 0.05) is 11.5 Å². The molecule has 0 spiro atoms. The smallest absolute Gasteiger partial charge is 0.405 e. The van der Waals surface area contributed by atoms with E-state index >= 15 is 0 Å². The van der Waals surface area contributed by atoms with Crippen LogP contribution in [0.15, 0.2) is 24.3 Å². The zero-order chi connectivity index (χ0) is 11.5. The van der Waals surface area contributed by atoms with Crippen LogP contribution in [0.5, 0.6) is 5.75 Å². The molecule has 0 N–H and O–H groups in total. The number of terminal acetylenes is 1. The molecule has 80 valence electrons. The quantitative estimate of drug-likeness (QED) is 0.686. The predicted molar refractivity (Wildman–Crippen MR) is 50.4 cm³/mol. The van der Waals surface area contributed by atoms with Crippen LogP contribution in [0.3, 0.4) is 0 Å². The van der Waals surface area contributed by atoms with Crippen molar-refractivity contribution in [2.24, 2.45) is 0 Å². The number of ether oxygens (including phenoxy) is 1. The van der Waals surface area contributed by atoms with Crippen LogP contribution in [-0.2, 0) is 0 Å². The van der Waals surface area contributed by atoms with Crippen molar-refractivity contribution in [2.45, 2.75) is 19.2 Å². The number of hydrogen-bond donors (Lipinski definition) is 0. The van der Waals surface area contributed by atoms with Gasteiger partial charge in [-0.1, -0.05) is 24.1 Å². The van der Waals surface area contributed by atoms with Crippen molar-refractivity contribution in [2.75, 3.05) is 0 Å². The third-order valence-corrected chi connectivity index (χ3v) is 1.86. The number of para-hydroxylation sites is 1. The molecular formula is C11H9F3O. The van der Waals surface area contributed by atoms with Crippen LogP contribution in [-0.4, -0.2) is 6.36 Å². The highest BCUT2D eigenvalue weighted by molar-refractivity contribution is 5.39. The molecule has 1 unspecified atom stereocenters. The summed E-state index contributed by atoms with van der Waals surface area (Å²) in [6, 6.07) is 5.85. The lowest BCUT2D eigenvalue weighted by molar-refractivity contribution is -0.274. The first-order valence-electron chi connectivity index (χ1n) is 4.25. The lowest BCUT2D eigenvalue weighted by atomic mass is 10.0. The molecule has 0 bridgehead atoms. The summed E-state index contributed by atoms with van der Waals surface area (Å²) >= 11 is 0. The van der Waals surface area contributed by atoms with E-state index in [4.69, 9.17) is 6.42 Å². The van der Waals surface area contributed by atoms with Gasteiger partial charge in [0.05, 0.1) is 0 Å². The Kier molecular flexibility index (Phi) is 3.25. The fraction of sp³-hybridized carbons (Fsp3) is 0.273. The van der Waals surface area contributed by atoms with E-state index in [1.807, 2.05) is 0 Å². The maximum Gasteiger partial charge on any atom is 0.573 e. The Morgan fingerprint density at radius 2 is 1.93 bits per heavy atom. The minimum absolute atomic E-state index is 0.240. The highest BCUT2D eigenvalue weighted by Gasteiger charge is 2.32. The number of halogens is 3. The van der Waals surface area contributed by atoms with E-state index in [9.17, 15) is 13.2 Å². The second-order valence-electron chi connectivity index (χ2n) is 2.97. The summed E-state index contributed by atoms with van der Waals surface area (Å²) in [5, 5.41) is 0. The zero-order valence-corrected chi connectivity index (χ0v) is 8.01. The number of hydrogen-bond acceptors (Lipinski definition) is 1. The van der Waals surface area contributed by atoms with Crippen molar-refractivity contribution in [3.05, 3.63) is 29.8 Å². The normalized spacial score (nSPS) is 13.0. The third kappa shape index (κ3) is 3.21. The minimum atomic E-state index is -4.69. The molecule has 0 amide bonds. The molecule has 0 radical (unpaired) electrons. The molecule has 15 heavy (non-hydrogen) atoms. The SMILES string of the molecule is C#CC(C)c1ccccc1OC(F)(F)F. The summed E-state index contributed by atoms with van der Waals surface area (Å²) in [5.74, 6) is 1.71. The van der Waals surface area contributed by atoms with Gasteiger partial charge in [0.1, 0.15) is 5.75 Å². The summed E-state index contributed by atoms with van der Waals surface area (Å²) in [6.45, 7) is 1.64. The molecule has 0 aliphatic rings. The Morgan fingerprint density at radius 1 is 1.33 bits per heavy atom. The molecule has 0 heterocycles. The van der Waals surface area contributed by atoms with Crippen LogP contribution in [0.1, 0.15) is 18.4 Å². The Labute approximate surface area is 85.9 Å². The molecule has 1 rings (SSSR count). The molecule has 0 aromatic heterocycles. The van der Waals surface area contributed by atoms with Gasteiger partial charge in [-0.15, -0.1) is 19.6 Å². The van der Waals surface area contributed by atoms with Crippen molar-refractivity contribution in [3.8, 4) is 18.1 Å². The first kappa shape index (κ1) is 11.4. The Hall–Kier alpha value is -1.63. The number of benzene rings is 1. The molecule has 0 saturated heterocycles. The molecule has 0 aliphatic heterocycles. The largest absolute Gasteiger partial charge is 0.573 e. The predicted octanol–water partition coefficient (Wildman–Crippen LogP) is 3.32. The van der Waals surface area contributed by atoms with Crippen LogP contribution in [0, 0.1) is 12.3 Å². The summed E-state index contributed by atoms with van der Waals surface area (Å²) in [6.07, 6.45) is 0.460. The Balaban J connectivity index is 3.03. The fourth-order valence-electron chi connectivity index (χ4n) is 1.15. The van der Waals surface area contributed by atoms with Crippen LogP contribution >= 0.6 is 0 Å². The van der Waals surface area contributed by atoms with Crippen molar-refractivity contribution < 1.29 is 17.9 Å². The van der Waals surface area contributed by atoms with Gasteiger partial charge in [0.15, 0.2) is 0 Å². The maximum absolute atomic E-state index is 12.0. The van der Waals surface area contributed by atoms with Crippen LogP contribution in [0.2, 0.25) is 0 Å². The van der Waals surface area contributed by atoms with Crippen molar-refractivity contribution in [3.63, 3.8) is 0 Å². The Morgan fingerprint density at radius 3 is 2.47 bits per heavy atom. The molecule has 0 aliphatic carbocycles. The van der Waals surface area contributed by atoms with Gasteiger partial charge in [0.2, 0.25) is 0 Å². The van der Waals surface area contributed by atoms with Gasteiger partial charge < -0.3 is 4.74 Å². The van der Waals surface area contributed by atoms with E-state index in [0.717, 1.165) is 0 Å². The van der Waals surface area contributed by atoms with Gasteiger partial charge in [-0.2, -0.15) is 0 Å². The molecule has 1 aromatic rings. The molecule has 1 nitrogen and oxygen atoms in total. The monoisotopic (exact) mass is 214 g/mol. The van der Waals surface area contributed by atoms with Gasteiger partial charge >= 0.3 is 6.36 Å². The molecule has 1 aromatic carbocycles. The minimum Gasteiger partial charge on any atom is -0.405 e. The molecule has 4 heteroatoms. The topological polar surface area (TPSA) is 9.23 Å². The highest BCUT2D eigenvalue weighted by Crippen LogP contribution is 2.30. The van der Waals surface area contributed by atoms with E-state index in [0.29, 0.717) is 5.56 Å². The van der Waals surface area contributed by atoms with Crippen LogP contribution in [0.25, 0.3) is 0 Å². The van der Waals surface area contributed by atoms with E-state index in [1.165, 1.54) is 18.2 Å².